The zero-order valence-corrected chi connectivity index (χ0v) is 11.7. The van der Waals surface area contributed by atoms with Crippen LogP contribution in [-0.4, -0.2) is 29.2 Å². The van der Waals surface area contributed by atoms with Gasteiger partial charge in [-0.1, -0.05) is 35.7 Å². The van der Waals surface area contributed by atoms with Crippen molar-refractivity contribution in [3.8, 4) is 0 Å². The quantitative estimate of drug-likeness (QED) is 0.835. The van der Waals surface area contributed by atoms with E-state index in [9.17, 15) is 0 Å². The Morgan fingerprint density at radius 2 is 1.83 bits per heavy atom. The highest BCUT2D eigenvalue weighted by atomic mass is 16.3. The number of hydrogen-bond acceptors (Lipinski definition) is 2. The lowest BCUT2D eigenvalue weighted by atomic mass is 9.91. The van der Waals surface area contributed by atoms with Gasteiger partial charge in [-0.25, -0.2) is 0 Å². The number of nitrogens with zero attached hydrogens (tertiary/aromatic N) is 1. The van der Waals surface area contributed by atoms with E-state index in [1.54, 1.807) is 0 Å². The molecule has 0 amide bonds. The Morgan fingerprint density at radius 1 is 1.17 bits per heavy atom. The van der Waals surface area contributed by atoms with Crippen molar-refractivity contribution in [3.63, 3.8) is 0 Å². The van der Waals surface area contributed by atoms with Gasteiger partial charge in [-0.2, -0.15) is 0 Å². The Balaban J connectivity index is 2.02. The van der Waals surface area contributed by atoms with Gasteiger partial charge in [0.05, 0.1) is 0 Å². The molecule has 18 heavy (non-hydrogen) atoms. The van der Waals surface area contributed by atoms with Gasteiger partial charge in [0.2, 0.25) is 0 Å². The minimum atomic E-state index is 0.302. The van der Waals surface area contributed by atoms with E-state index in [0.29, 0.717) is 6.61 Å². The molecule has 2 rings (SSSR count). The van der Waals surface area contributed by atoms with Crippen LogP contribution in [0.1, 0.15) is 42.4 Å². The molecule has 2 heteroatoms. The first-order chi connectivity index (χ1) is 8.69. The van der Waals surface area contributed by atoms with Gasteiger partial charge in [-0.05, 0) is 38.7 Å². The Bertz CT molecular complexity index is 364. The standard InChI is InChI=1S/C16H25NO/c1-13-9-14(2)11-15(10-13)12-17(7-4-8-18)16-5-3-6-16/h9-11,16,18H,3-8,12H2,1-2H3. The van der Waals surface area contributed by atoms with Crippen LogP contribution in [0.5, 0.6) is 0 Å². The van der Waals surface area contributed by atoms with Crippen LogP contribution >= 0.6 is 0 Å². The molecule has 0 atom stereocenters. The lowest BCUT2D eigenvalue weighted by Crippen LogP contribution is -2.40. The summed E-state index contributed by atoms with van der Waals surface area (Å²) >= 11 is 0. The Hall–Kier alpha value is -0.860. The molecule has 1 fully saturated rings. The molecule has 0 aliphatic heterocycles. The van der Waals surface area contributed by atoms with E-state index in [2.05, 4.69) is 36.9 Å². The Morgan fingerprint density at radius 3 is 2.33 bits per heavy atom. The molecule has 0 aromatic heterocycles. The van der Waals surface area contributed by atoms with Gasteiger partial charge in [-0.15, -0.1) is 0 Å². The third kappa shape index (κ3) is 3.56. The van der Waals surface area contributed by atoms with Crippen molar-refractivity contribution in [2.45, 2.75) is 52.1 Å². The van der Waals surface area contributed by atoms with Crippen LogP contribution in [0.4, 0.5) is 0 Å². The van der Waals surface area contributed by atoms with E-state index < -0.39 is 0 Å². The molecule has 0 bridgehead atoms. The van der Waals surface area contributed by atoms with Crippen molar-refractivity contribution < 1.29 is 5.11 Å². The second-order valence-electron chi connectivity index (χ2n) is 5.63. The maximum absolute atomic E-state index is 9.02. The number of aliphatic hydroxyl groups excluding tert-OH is 1. The normalized spacial score (nSPS) is 16.0. The monoisotopic (exact) mass is 247 g/mol. The molecule has 0 heterocycles. The SMILES string of the molecule is Cc1cc(C)cc(CN(CCCO)C2CCC2)c1. The van der Waals surface area contributed by atoms with Crippen molar-refractivity contribution in [1.82, 2.24) is 4.90 Å². The average molecular weight is 247 g/mol. The fraction of sp³-hybridized carbons (Fsp3) is 0.625. The first-order valence-electron chi connectivity index (χ1n) is 7.11. The van der Waals surface area contributed by atoms with Gasteiger partial charge < -0.3 is 5.11 Å². The minimum Gasteiger partial charge on any atom is -0.396 e. The van der Waals surface area contributed by atoms with Crippen LogP contribution in [0.15, 0.2) is 18.2 Å². The molecule has 1 saturated carbocycles. The number of aryl methyl sites for hydroxylation is 2. The summed E-state index contributed by atoms with van der Waals surface area (Å²) in [6, 6.07) is 7.55. The van der Waals surface area contributed by atoms with E-state index in [1.165, 1.54) is 36.0 Å². The second-order valence-corrected chi connectivity index (χ2v) is 5.63. The van der Waals surface area contributed by atoms with Gasteiger partial charge in [0.15, 0.2) is 0 Å². The highest BCUT2D eigenvalue weighted by Gasteiger charge is 2.24. The molecular formula is C16H25NO. The first-order valence-corrected chi connectivity index (χ1v) is 7.11. The highest BCUT2D eigenvalue weighted by molar-refractivity contribution is 5.28. The molecule has 1 aliphatic carbocycles. The largest absolute Gasteiger partial charge is 0.396 e. The maximum atomic E-state index is 9.02. The van der Waals surface area contributed by atoms with Crippen LogP contribution in [-0.2, 0) is 6.54 Å². The molecule has 1 aliphatic rings. The molecule has 1 N–H and O–H groups in total. The lowest BCUT2D eigenvalue weighted by Gasteiger charge is -2.37. The van der Waals surface area contributed by atoms with E-state index in [1.807, 2.05) is 0 Å². The minimum absolute atomic E-state index is 0.302. The van der Waals surface area contributed by atoms with Crippen molar-refractivity contribution in [3.05, 3.63) is 34.9 Å². The van der Waals surface area contributed by atoms with E-state index in [0.717, 1.165) is 25.6 Å². The maximum Gasteiger partial charge on any atom is 0.0443 e. The molecule has 0 radical (unpaired) electrons. The topological polar surface area (TPSA) is 23.5 Å². The molecular weight excluding hydrogens is 222 g/mol. The predicted octanol–water partition coefficient (Wildman–Crippen LogP) is 3.04. The molecule has 2 nitrogen and oxygen atoms in total. The zero-order chi connectivity index (χ0) is 13.0. The van der Waals surface area contributed by atoms with Crippen LogP contribution < -0.4 is 0 Å². The second kappa shape index (κ2) is 6.35. The summed E-state index contributed by atoms with van der Waals surface area (Å²) in [5.41, 5.74) is 4.11. The van der Waals surface area contributed by atoms with Crippen molar-refractivity contribution >= 4 is 0 Å². The summed E-state index contributed by atoms with van der Waals surface area (Å²) in [4.78, 5) is 2.55. The van der Waals surface area contributed by atoms with Gasteiger partial charge in [0, 0.05) is 25.7 Å². The number of rotatable bonds is 6. The van der Waals surface area contributed by atoms with Crippen molar-refractivity contribution in [2.24, 2.45) is 0 Å². The molecule has 0 spiro atoms. The third-order valence-corrected chi connectivity index (χ3v) is 3.86. The molecule has 100 valence electrons. The van der Waals surface area contributed by atoms with Gasteiger partial charge >= 0.3 is 0 Å². The summed E-state index contributed by atoms with van der Waals surface area (Å²) in [7, 11) is 0. The summed E-state index contributed by atoms with van der Waals surface area (Å²) in [6.45, 7) is 6.69. The highest BCUT2D eigenvalue weighted by Crippen LogP contribution is 2.26. The molecule has 0 unspecified atom stereocenters. The lowest BCUT2D eigenvalue weighted by molar-refractivity contribution is 0.109. The van der Waals surface area contributed by atoms with Crippen LogP contribution in [0.25, 0.3) is 0 Å². The van der Waals surface area contributed by atoms with E-state index in [-0.39, 0.29) is 0 Å². The van der Waals surface area contributed by atoms with E-state index in [4.69, 9.17) is 5.11 Å². The predicted molar refractivity (Wildman–Crippen MR) is 75.7 cm³/mol. The zero-order valence-electron chi connectivity index (χ0n) is 11.7. The Labute approximate surface area is 111 Å². The van der Waals surface area contributed by atoms with Crippen LogP contribution in [0, 0.1) is 13.8 Å². The van der Waals surface area contributed by atoms with Crippen molar-refractivity contribution in [1.29, 1.82) is 0 Å². The number of aliphatic hydroxyl groups is 1. The first kappa shape index (κ1) is 13.6. The van der Waals surface area contributed by atoms with Crippen molar-refractivity contribution in [2.75, 3.05) is 13.2 Å². The van der Waals surface area contributed by atoms with Crippen LogP contribution in [0.2, 0.25) is 0 Å². The molecule has 1 aromatic rings. The van der Waals surface area contributed by atoms with Gasteiger partial charge in [0.1, 0.15) is 0 Å². The summed E-state index contributed by atoms with van der Waals surface area (Å²) < 4.78 is 0. The summed E-state index contributed by atoms with van der Waals surface area (Å²) in [5, 5.41) is 9.02. The average Bonchev–Trinajstić information content (AvgIpc) is 2.21. The number of hydrogen-bond donors (Lipinski definition) is 1. The molecule has 0 saturated heterocycles. The summed E-state index contributed by atoms with van der Waals surface area (Å²) in [5.74, 6) is 0. The van der Waals surface area contributed by atoms with E-state index >= 15 is 0 Å². The number of benzene rings is 1. The third-order valence-electron chi connectivity index (χ3n) is 3.86. The summed E-state index contributed by atoms with van der Waals surface area (Å²) in [6.07, 6.45) is 4.92. The fourth-order valence-corrected chi connectivity index (χ4v) is 2.81. The fourth-order valence-electron chi connectivity index (χ4n) is 2.81. The van der Waals surface area contributed by atoms with Gasteiger partial charge in [-0.3, -0.25) is 4.90 Å². The molecule has 1 aromatic carbocycles. The Kier molecular flexibility index (Phi) is 4.79. The van der Waals surface area contributed by atoms with Crippen LogP contribution in [0.3, 0.4) is 0 Å². The smallest absolute Gasteiger partial charge is 0.0443 e. The van der Waals surface area contributed by atoms with Gasteiger partial charge in [0.25, 0.3) is 0 Å².